The third kappa shape index (κ3) is 3.00. The van der Waals surface area contributed by atoms with E-state index in [1.165, 1.54) is 25.7 Å². The van der Waals surface area contributed by atoms with Gasteiger partial charge in [0.05, 0.1) is 12.6 Å². The summed E-state index contributed by atoms with van der Waals surface area (Å²) in [4.78, 5) is 0. The van der Waals surface area contributed by atoms with Crippen LogP contribution in [0.4, 0.5) is 5.82 Å². The van der Waals surface area contributed by atoms with Crippen molar-refractivity contribution in [3.63, 3.8) is 0 Å². The maximum absolute atomic E-state index is 10.3. The lowest BCUT2D eigenvalue weighted by molar-refractivity contribution is -0.0391. The number of anilines is 1. The van der Waals surface area contributed by atoms with Crippen molar-refractivity contribution in [1.29, 1.82) is 0 Å². The first-order valence-corrected chi connectivity index (χ1v) is 9.28. The molecule has 2 atom stereocenters. The normalized spacial score (nSPS) is 30.8. The molecule has 4 rings (SSSR count). The average molecular weight is 343 g/mol. The number of ether oxygens (including phenoxy) is 1. The molecular weight excluding hydrogens is 314 g/mol. The van der Waals surface area contributed by atoms with Gasteiger partial charge in [0.25, 0.3) is 0 Å². The van der Waals surface area contributed by atoms with Gasteiger partial charge in [-0.3, -0.25) is 0 Å². The van der Waals surface area contributed by atoms with E-state index in [0.717, 1.165) is 11.3 Å². The number of aromatic nitrogens is 1. The van der Waals surface area contributed by atoms with E-state index in [1.807, 2.05) is 32.1 Å². The van der Waals surface area contributed by atoms with Gasteiger partial charge in [0, 0.05) is 17.3 Å². The summed E-state index contributed by atoms with van der Waals surface area (Å²) in [5.74, 6) is 0.993. The molecule has 1 aromatic rings. The van der Waals surface area contributed by atoms with Crippen LogP contribution in [0.25, 0.3) is 0 Å². The lowest BCUT2D eigenvalue weighted by Gasteiger charge is -2.41. The number of aliphatic hydroxyl groups is 1. The Morgan fingerprint density at radius 1 is 1.32 bits per heavy atom. The van der Waals surface area contributed by atoms with Crippen LogP contribution in [0.2, 0.25) is 0 Å². The molecule has 1 aromatic heterocycles. The van der Waals surface area contributed by atoms with Crippen molar-refractivity contribution < 1.29 is 9.84 Å². The Labute approximate surface area is 149 Å². The maximum atomic E-state index is 10.3. The second-order valence-corrected chi connectivity index (χ2v) is 8.25. The standard InChI is InChI=1S/C20H29N3O2/c1-13-4-7-17(21)23(13)18-14(2)16(24)8-9-19(18,3)25-12-20(10-11-20)22-15-5-6-15/h4,7-9,15,18,22,24H,5-6,10-12,21H2,1-3H3. The molecule has 0 radical (unpaired) electrons. The van der Waals surface area contributed by atoms with Crippen LogP contribution in [-0.4, -0.2) is 33.5 Å². The van der Waals surface area contributed by atoms with Crippen molar-refractivity contribution in [1.82, 2.24) is 9.88 Å². The Bertz CT molecular complexity index is 721. The van der Waals surface area contributed by atoms with Crippen molar-refractivity contribution in [2.24, 2.45) is 0 Å². The molecule has 136 valence electrons. The number of aliphatic hydroxyl groups excluding tert-OH is 1. The van der Waals surface area contributed by atoms with Crippen molar-refractivity contribution in [3.8, 4) is 0 Å². The molecular formula is C20H29N3O2. The summed E-state index contributed by atoms with van der Waals surface area (Å²) in [6.07, 6.45) is 8.67. The number of aryl methyl sites for hydroxylation is 1. The Balaban J connectivity index is 1.60. The van der Waals surface area contributed by atoms with Gasteiger partial charge in [-0.1, -0.05) is 0 Å². The zero-order chi connectivity index (χ0) is 17.8. The number of hydrogen-bond donors (Lipinski definition) is 3. The van der Waals surface area contributed by atoms with Crippen LogP contribution in [0.5, 0.6) is 0 Å². The van der Waals surface area contributed by atoms with Crippen LogP contribution in [0.3, 0.4) is 0 Å². The highest BCUT2D eigenvalue weighted by Gasteiger charge is 2.49. The first-order valence-electron chi connectivity index (χ1n) is 9.28. The van der Waals surface area contributed by atoms with Gasteiger partial charge in [0.1, 0.15) is 17.2 Å². The summed E-state index contributed by atoms with van der Waals surface area (Å²) in [6, 6.07) is 4.46. The molecule has 5 nitrogen and oxygen atoms in total. The van der Waals surface area contributed by atoms with Crippen molar-refractivity contribution in [2.75, 3.05) is 12.3 Å². The largest absolute Gasteiger partial charge is 0.508 e. The molecule has 2 saturated carbocycles. The number of allylic oxidation sites excluding steroid dienone is 1. The number of nitrogens with one attached hydrogen (secondary N) is 1. The van der Waals surface area contributed by atoms with Crippen LogP contribution >= 0.6 is 0 Å². The lowest BCUT2D eigenvalue weighted by atomic mass is 9.84. The summed E-state index contributed by atoms with van der Waals surface area (Å²) in [6.45, 7) is 6.78. The summed E-state index contributed by atoms with van der Waals surface area (Å²) in [5, 5.41) is 14.0. The van der Waals surface area contributed by atoms with Crippen LogP contribution < -0.4 is 11.1 Å². The minimum absolute atomic E-state index is 0.149. The van der Waals surface area contributed by atoms with Gasteiger partial charge in [-0.25, -0.2) is 0 Å². The van der Waals surface area contributed by atoms with Crippen molar-refractivity contribution in [3.05, 3.63) is 41.3 Å². The van der Waals surface area contributed by atoms with Gasteiger partial charge in [0.15, 0.2) is 0 Å². The topological polar surface area (TPSA) is 72.4 Å². The van der Waals surface area contributed by atoms with E-state index in [1.54, 1.807) is 6.08 Å². The van der Waals surface area contributed by atoms with Gasteiger partial charge in [-0.15, -0.1) is 0 Å². The highest BCUT2D eigenvalue weighted by atomic mass is 16.5. The van der Waals surface area contributed by atoms with Gasteiger partial charge in [-0.2, -0.15) is 0 Å². The first-order chi connectivity index (χ1) is 11.8. The van der Waals surface area contributed by atoms with E-state index >= 15 is 0 Å². The molecule has 3 aliphatic carbocycles. The summed E-state index contributed by atoms with van der Waals surface area (Å²) in [5.41, 5.74) is 7.79. The fourth-order valence-corrected chi connectivity index (χ4v) is 3.97. The van der Waals surface area contributed by atoms with E-state index in [2.05, 4.69) is 16.8 Å². The SMILES string of the molecule is CC1=C(O)C=CC(C)(OCC2(NC3CC3)CC2)C1n1c(C)ccc1N. The molecule has 0 amide bonds. The number of nitrogens with zero attached hydrogens (tertiary/aromatic N) is 1. The average Bonchev–Trinajstić information content (AvgIpc) is 3.50. The fraction of sp³-hybridized carbons (Fsp3) is 0.600. The summed E-state index contributed by atoms with van der Waals surface area (Å²) in [7, 11) is 0. The number of nitrogen functional groups attached to an aromatic ring is 1. The molecule has 3 aliphatic rings. The Hall–Kier alpha value is -1.72. The van der Waals surface area contributed by atoms with E-state index in [4.69, 9.17) is 10.5 Å². The third-order valence-corrected chi connectivity index (χ3v) is 5.94. The summed E-state index contributed by atoms with van der Waals surface area (Å²) < 4.78 is 8.59. The predicted octanol–water partition coefficient (Wildman–Crippen LogP) is 3.38. The van der Waals surface area contributed by atoms with Crippen molar-refractivity contribution in [2.45, 2.75) is 69.7 Å². The van der Waals surface area contributed by atoms with E-state index in [-0.39, 0.29) is 11.6 Å². The van der Waals surface area contributed by atoms with Gasteiger partial charge in [0.2, 0.25) is 0 Å². The first kappa shape index (κ1) is 16.7. The molecule has 0 saturated heterocycles. The molecule has 1 heterocycles. The van der Waals surface area contributed by atoms with E-state index in [9.17, 15) is 5.11 Å². The monoisotopic (exact) mass is 343 g/mol. The lowest BCUT2D eigenvalue weighted by Crippen LogP contribution is -2.46. The molecule has 2 fully saturated rings. The summed E-state index contributed by atoms with van der Waals surface area (Å²) >= 11 is 0. The molecule has 0 aromatic carbocycles. The third-order valence-electron chi connectivity index (χ3n) is 5.94. The van der Waals surface area contributed by atoms with Crippen LogP contribution in [0, 0.1) is 6.92 Å². The zero-order valence-corrected chi connectivity index (χ0v) is 15.4. The molecule has 0 spiro atoms. The van der Waals surface area contributed by atoms with E-state index < -0.39 is 5.60 Å². The molecule has 0 aliphatic heterocycles. The number of hydrogen-bond acceptors (Lipinski definition) is 4. The number of nitrogens with two attached hydrogens (primary N) is 1. The van der Waals surface area contributed by atoms with Gasteiger partial charge >= 0.3 is 0 Å². The van der Waals surface area contributed by atoms with E-state index in [0.29, 0.717) is 24.2 Å². The number of rotatable bonds is 6. The minimum Gasteiger partial charge on any atom is -0.508 e. The second kappa shape index (κ2) is 5.64. The molecule has 25 heavy (non-hydrogen) atoms. The van der Waals surface area contributed by atoms with Gasteiger partial charge in [-0.05, 0) is 76.3 Å². The highest BCUT2D eigenvalue weighted by molar-refractivity contribution is 5.42. The Morgan fingerprint density at radius 2 is 2.04 bits per heavy atom. The Kier molecular flexibility index (Phi) is 3.78. The fourth-order valence-electron chi connectivity index (χ4n) is 3.97. The zero-order valence-electron chi connectivity index (χ0n) is 15.4. The second-order valence-electron chi connectivity index (χ2n) is 8.25. The van der Waals surface area contributed by atoms with Crippen LogP contribution in [0.15, 0.2) is 35.6 Å². The predicted molar refractivity (Wildman–Crippen MR) is 99.6 cm³/mol. The molecule has 5 heteroatoms. The minimum atomic E-state index is -0.547. The molecule has 4 N–H and O–H groups in total. The Morgan fingerprint density at radius 3 is 2.60 bits per heavy atom. The maximum Gasteiger partial charge on any atom is 0.116 e. The van der Waals surface area contributed by atoms with Crippen LogP contribution in [0.1, 0.15) is 51.3 Å². The van der Waals surface area contributed by atoms with Gasteiger partial charge < -0.3 is 25.5 Å². The molecule has 0 bridgehead atoms. The molecule has 2 unspecified atom stereocenters. The smallest absolute Gasteiger partial charge is 0.116 e. The quantitative estimate of drug-likeness (QED) is 0.740. The highest BCUT2D eigenvalue weighted by Crippen LogP contribution is 2.45. The van der Waals surface area contributed by atoms with Crippen molar-refractivity contribution >= 4 is 5.82 Å². The van der Waals surface area contributed by atoms with Crippen LogP contribution in [-0.2, 0) is 4.74 Å².